The Morgan fingerprint density at radius 3 is 2.67 bits per heavy atom. The summed E-state index contributed by atoms with van der Waals surface area (Å²) in [7, 11) is 0. The quantitative estimate of drug-likeness (QED) is 0.706. The molecule has 0 fully saturated rings. The van der Waals surface area contributed by atoms with Crippen LogP contribution in [0.3, 0.4) is 0 Å². The highest BCUT2D eigenvalue weighted by molar-refractivity contribution is 14.1. The summed E-state index contributed by atoms with van der Waals surface area (Å²) in [6, 6.07) is 14.0. The number of benzene rings is 2. The summed E-state index contributed by atoms with van der Waals surface area (Å²) in [6.07, 6.45) is 0. The van der Waals surface area contributed by atoms with E-state index in [0.717, 1.165) is 25.0 Å². The Labute approximate surface area is 128 Å². The number of nitrogens with one attached hydrogen (secondary N) is 1. The average Bonchev–Trinajstić information content (AvgIpc) is 2.36. The topological polar surface area (TPSA) is 35.8 Å². The van der Waals surface area contributed by atoms with E-state index in [2.05, 4.69) is 68.1 Å². The molecule has 0 amide bonds. The first-order chi connectivity index (χ1) is 8.60. The molecule has 0 aliphatic heterocycles. The zero-order valence-electron chi connectivity index (χ0n) is 9.67. The van der Waals surface area contributed by atoms with E-state index in [0.29, 0.717) is 5.56 Å². The smallest absolute Gasteiger partial charge is 0.101 e. The van der Waals surface area contributed by atoms with Gasteiger partial charge in [-0.3, -0.25) is 0 Å². The lowest BCUT2D eigenvalue weighted by Crippen LogP contribution is -1.96. The normalized spacial score (nSPS) is 9.89. The van der Waals surface area contributed by atoms with Crippen molar-refractivity contribution in [1.29, 1.82) is 5.26 Å². The van der Waals surface area contributed by atoms with E-state index < -0.39 is 0 Å². The Morgan fingerprint density at radius 2 is 1.94 bits per heavy atom. The molecule has 1 N–H and O–H groups in total. The van der Waals surface area contributed by atoms with Crippen LogP contribution in [0.15, 0.2) is 40.9 Å². The maximum Gasteiger partial charge on any atom is 0.101 e. The summed E-state index contributed by atoms with van der Waals surface area (Å²) in [5, 5.41) is 12.4. The SMILES string of the molecule is Cc1ccc(I)cc1Nc1ccc(Br)cc1C#N. The van der Waals surface area contributed by atoms with E-state index in [1.165, 1.54) is 0 Å². The molecule has 0 bridgehead atoms. The second-order valence-corrected chi connectivity index (χ2v) is 6.05. The van der Waals surface area contributed by atoms with Gasteiger partial charge >= 0.3 is 0 Å². The Kier molecular flexibility index (Phi) is 4.25. The third-order valence-corrected chi connectivity index (χ3v) is 3.74. The molecule has 0 unspecified atom stereocenters. The molecule has 90 valence electrons. The van der Waals surface area contributed by atoms with E-state index in [-0.39, 0.29) is 0 Å². The number of aryl methyl sites for hydroxylation is 1. The van der Waals surface area contributed by atoms with Gasteiger partial charge in [-0.05, 0) is 65.4 Å². The van der Waals surface area contributed by atoms with Crippen molar-refractivity contribution in [3.8, 4) is 6.07 Å². The fourth-order valence-corrected chi connectivity index (χ4v) is 2.44. The molecule has 0 heterocycles. The Balaban J connectivity index is 2.40. The summed E-state index contributed by atoms with van der Waals surface area (Å²) in [6.45, 7) is 2.04. The standard InChI is InChI=1S/C14H10BrIN2/c1-9-2-4-12(16)7-14(9)18-13-5-3-11(15)6-10(13)8-17/h2-7,18H,1H3. The van der Waals surface area contributed by atoms with Crippen LogP contribution in [0, 0.1) is 21.8 Å². The molecule has 0 radical (unpaired) electrons. The van der Waals surface area contributed by atoms with Crippen molar-refractivity contribution < 1.29 is 0 Å². The molecule has 2 rings (SSSR count). The zero-order chi connectivity index (χ0) is 13.1. The van der Waals surface area contributed by atoms with Crippen molar-refractivity contribution >= 4 is 49.9 Å². The second-order valence-electron chi connectivity index (χ2n) is 3.89. The van der Waals surface area contributed by atoms with Crippen molar-refractivity contribution in [2.45, 2.75) is 6.92 Å². The van der Waals surface area contributed by atoms with Crippen molar-refractivity contribution in [1.82, 2.24) is 0 Å². The predicted molar refractivity (Wildman–Crippen MR) is 86.0 cm³/mol. The van der Waals surface area contributed by atoms with Crippen LogP contribution in [0.5, 0.6) is 0 Å². The second kappa shape index (κ2) is 5.72. The van der Waals surface area contributed by atoms with Gasteiger partial charge in [-0.15, -0.1) is 0 Å². The summed E-state index contributed by atoms with van der Waals surface area (Å²) in [5.41, 5.74) is 3.64. The number of nitriles is 1. The van der Waals surface area contributed by atoms with Crippen LogP contribution in [0.4, 0.5) is 11.4 Å². The third kappa shape index (κ3) is 3.03. The lowest BCUT2D eigenvalue weighted by atomic mass is 10.1. The zero-order valence-corrected chi connectivity index (χ0v) is 13.4. The maximum atomic E-state index is 9.13. The van der Waals surface area contributed by atoms with Gasteiger partial charge < -0.3 is 5.32 Å². The van der Waals surface area contributed by atoms with Crippen LogP contribution < -0.4 is 5.32 Å². The van der Waals surface area contributed by atoms with Crippen LogP contribution in [-0.4, -0.2) is 0 Å². The number of hydrogen-bond donors (Lipinski definition) is 1. The molecule has 2 aromatic carbocycles. The molecule has 0 atom stereocenters. The van der Waals surface area contributed by atoms with E-state index in [1.807, 2.05) is 25.1 Å². The molecule has 0 saturated heterocycles. The number of hydrogen-bond acceptors (Lipinski definition) is 2. The molecule has 0 saturated carbocycles. The predicted octanol–water partition coefficient (Wildman–Crippen LogP) is 4.98. The molecular formula is C14H10BrIN2. The maximum absolute atomic E-state index is 9.13. The lowest BCUT2D eigenvalue weighted by Gasteiger charge is -2.11. The van der Waals surface area contributed by atoms with Gasteiger partial charge in [0.05, 0.1) is 11.3 Å². The largest absolute Gasteiger partial charge is 0.354 e. The number of halogens is 2. The highest BCUT2D eigenvalue weighted by atomic mass is 127. The van der Waals surface area contributed by atoms with Crippen LogP contribution in [0.25, 0.3) is 0 Å². The molecule has 0 aromatic heterocycles. The van der Waals surface area contributed by atoms with Gasteiger partial charge in [0.25, 0.3) is 0 Å². The van der Waals surface area contributed by atoms with Crippen molar-refractivity contribution in [2.75, 3.05) is 5.32 Å². The summed E-state index contributed by atoms with van der Waals surface area (Å²) < 4.78 is 2.07. The Bertz CT molecular complexity index is 632. The molecule has 0 spiro atoms. The first-order valence-corrected chi connectivity index (χ1v) is 7.20. The van der Waals surface area contributed by atoms with Crippen molar-refractivity contribution in [3.05, 3.63) is 55.6 Å². The van der Waals surface area contributed by atoms with Crippen LogP contribution >= 0.6 is 38.5 Å². The minimum absolute atomic E-state index is 0.627. The van der Waals surface area contributed by atoms with E-state index in [9.17, 15) is 0 Å². The van der Waals surface area contributed by atoms with Crippen LogP contribution in [0.2, 0.25) is 0 Å². The average molecular weight is 413 g/mol. The minimum Gasteiger partial charge on any atom is -0.354 e. The molecule has 0 aliphatic rings. The fourth-order valence-electron chi connectivity index (χ4n) is 1.59. The van der Waals surface area contributed by atoms with Gasteiger partial charge in [-0.2, -0.15) is 5.26 Å². The summed E-state index contributed by atoms with van der Waals surface area (Å²) in [4.78, 5) is 0. The van der Waals surface area contributed by atoms with Crippen LogP contribution in [0.1, 0.15) is 11.1 Å². The molecule has 2 aromatic rings. The number of nitrogens with zero attached hydrogens (tertiary/aromatic N) is 1. The number of anilines is 2. The van der Waals surface area contributed by atoms with Gasteiger partial charge in [0.1, 0.15) is 6.07 Å². The first kappa shape index (κ1) is 13.4. The fraction of sp³-hybridized carbons (Fsp3) is 0.0714. The lowest BCUT2D eigenvalue weighted by molar-refractivity contribution is 1.40. The minimum atomic E-state index is 0.627. The van der Waals surface area contributed by atoms with Gasteiger partial charge in [-0.25, -0.2) is 0 Å². The molecular weight excluding hydrogens is 403 g/mol. The third-order valence-electron chi connectivity index (χ3n) is 2.57. The monoisotopic (exact) mass is 412 g/mol. The molecule has 2 nitrogen and oxygen atoms in total. The van der Waals surface area contributed by atoms with Gasteiger partial charge in [0.2, 0.25) is 0 Å². The van der Waals surface area contributed by atoms with Gasteiger partial charge in [0, 0.05) is 13.7 Å². The Hall–Kier alpha value is -1.06. The van der Waals surface area contributed by atoms with Crippen molar-refractivity contribution in [2.24, 2.45) is 0 Å². The highest BCUT2D eigenvalue weighted by Crippen LogP contribution is 2.26. The summed E-state index contributed by atoms with van der Waals surface area (Å²) in [5.74, 6) is 0. The molecule has 18 heavy (non-hydrogen) atoms. The highest BCUT2D eigenvalue weighted by Gasteiger charge is 2.05. The van der Waals surface area contributed by atoms with E-state index >= 15 is 0 Å². The van der Waals surface area contributed by atoms with Gasteiger partial charge in [0.15, 0.2) is 0 Å². The summed E-state index contributed by atoms with van der Waals surface area (Å²) >= 11 is 5.64. The van der Waals surface area contributed by atoms with Gasteiger partial charge in [-0.1, -0.05) is 22.0 Å². The number of rotatable bonds is 2. The Morgan fingerprint density at radius 1 is 1.17 bits per heavy atom. The molecule has 4 heteroatoms. The van der Waals surface area contributed by atoms with Crippen LogP contribution in [-0.2, 0) is 0 Å². The molecule has 0 aliphatic carbocycles. The van der Waals surface area contributed by atoms with E-state index in [1.54, 1.807) is 0 Å². The van der Waals surface area contributed by atoms with E-state index in [4.69, 9.17) is 5.26 Å². The van der Waals surface area contributed by atoms with Crippen molar-refractivity contribution in [3.63, 3.8) is 0 Å². The first-order valence-electron chi connectivity index (χ1n) is 5.33.